The van der Waals surface area contributed by atoms with Crippen molar-refractivity contribution < 1.29 is 9.59 Å². The first-order chi connectivity index (χ1) is 7.70. The molecule has 0 spiro atoms. The van der Waals surface area contributed by atoms with E-state index < -0.39 is 0 Å². The predicted molar refractivity (Wildman–Crippen MR) is 58.9 cm³/mol. The highest BCUT2D eigenvalue weighted by Gasteiger charge is 2.26. The molecule has 1 aromatic heterocycles. The van der Waals surface area contributed by atoms with Crippen molar-refractivity contribution >= 4 is 28.3 Å². The van der Waals surface area contributed by atoms with E-state index in [0.717, 1.165) is 0 Å². The van der Waals surface area contributed by atoms with E-state index in [-0.39, 0.29) is 18.4 Å². The third-order valence-corrected chi connectivity index (χ3v) is 3.28. The minimum atomic E-state index is -0.113. The first-order valence-electron chi connectivity index (χ1n) is 5.04. The van der Waals surface area contributed by atoms with Crippen LogP contribution in [-0.4, -0.2) is 34.0 Å². The summed E-state index contributed by atoms with van der Waals surface area (Å²) in [7, 11) is 1.75. The van der Waals surface area contributed by atoms with Crippen LogP contribution >= 0.6 is 11.3 Å². The van der Waals surface area contributed by atoms with Crippen molar-refractivity contribution in [1.82, 2.24) is 15.1 Å². The minimum Gasteiger partial charge on any atom is -0.363 e. The molecule has 2 amide bonds. The average molecular weight is 240 g/mol. The average Bonchev–Trinajstić information content (AvgIpc) is 2.71. The maximum atomic E-state index is 11.5. The number of piperidine rings is 1. The van der Waals surface area contributed by atoms with E-state index in [1.54, 1.807) is 7.05 Å². The fourth-order valence-corrected chi connectivity index (χ4v) is 2.21. The van der Waals surface area contributed by atoms with Gasteiger partial charge in [-0.05, 0) is 6.42 Å². The predicted octanol–water partition coefficient (Wildman–Crippen LogP) is 0.619. The zero-order chi connectivity index (χ0) is 11.5. The summed E-state index contributed by atoms with van der Waals surface area (Å²) in [6.07, 6.45) is 1.55. The van der Waals surface area contributed by atoms with Gasteiger partial charge in [0.1, 0.15) is 5.01 Å². The van der Waals surface area contributed by atoms with Gasteiger partial charge >= 0.3 is 0 Å². The molecule has 86 valence electrons. The summed E-state index contributed by atoms with van der Waals surface area (Å²) in [5.74, 6) is -0.227. The lowest BCUT2D eigenvalue weighted by Gasteiger charge is -2.23. The van der Waals surface area contributed by atoms with Crippen LogP contribution in [0.4, 0.5) is 5.13 Å². The summed E-state index contributed by atoms with van der Waals surface area (Å²) in [5.41, 5.74) is 0. The van der Waals surface area contributed by atoms with Crippen LogP contribution in [0.2, 0.25) is 0 Å². The van der Waals surface area contributed by atoms with E-state index in [4.69, 9.17) is 0 Å². The molecule has 1 aliphatic rings. The van der Waals surface area contributed by atoms with Crippen molar-refractivity contribution in [2.75, 3.05) is 12.4 Å². The summed E-state index contributed by atoms with van der Waals surface area (Å²) >= 11 is 1.35. The van der Waals surface area contributed by atoms with Gasteiger partial charge in [-0.15, -0.1) is 10.2 Å². The van der Waals surface area contributed by atoms with Gasteiger partial charge < -0.3 is 5.32 Å². The third kappa shape index (κ3) is 2.19. The molecule has 1 saturated heterocycles. The van der Waals surface area contributed by atoms with Gasteiger partial charge in [0.05, 0.1) is 6.54 Å². The molecule has 1 aromatic rings. The van der Waals surface area contributed by atoms with Gasteiger partial charge in [-0.25, -0.2) is 0 Å². The lowest BCUT2D eigenvalue weighted by Crippen LogP contribution is -2.39. The monoisotopic (exact) mass is 240 g/mol. The molecular weight excluding hydrogens is 228 g/mol. The Morgan fingerprint density at radius 1 is 1.31 bits per heavy atom. The van der Waals surface area contributed by atoms with Crippen LogP contribution in [0, 0.1) is 0 Å². The molecule has 1 fully saturated rings. The van der Waals surface area contributed by atoms with Crippen LogP contribution in [0.15, 0.2) is 0 Å². The topological polar surface area (TPSA) is 75.2 Å². The molecule has 1 aliphatic heterocycles. The molecule has 0 radical (unpaired) electrons. The van der Waals surface area contributed by atoms with E-state index in [1.807, 2.05) is 0 Å². The normalized spacial score (nSPS) is 16.7. The van der Waals surface area contributed by atoms with Crippen molar-refractivity contribution in [3.63, 3.8) is 0 Å². The second kappa shape index (κ2) is 4.56. The van der Waals surface area contributed by atoms with Crippen molar-refractivity contribution in [3.05, 3.63) is 5.01 Å². The quantitative estimate of drug-likeness (QED) is 0.784. The van der Waals surface area contributed by atoms with E-state index in [2.05, 4.69) is 15.5 Å². The molecule has 0 saturated carbocycles. The Kier molecular flexibility index (Phi) is 3.14. The number of amides is 2. The lowest BCUT2D eigenvalue weighted by molar-refractivity contribution is -0.148. The molecule has 0 unspecified atom stereocenters. The van der Waals surface area contributed by atoms with Crippen LogP contribution < -0.4 is 5.32 Å². The Bertz CT molecular complexity index is 401. The molecule has 1 N–H and O–H groups in total. The number of rotatable bonds is 3. The summed E-state index contributed by atoms with van der Waals surface area (Å²) in [5, 5.41) is 12.0. The fourth-order valence-electron chi connectivity index (χ4n) is 1.53. The lowest BCUT2D eigenvalue weighted by atomic mass is 10.1. The van der Waals surface area contributed by atoms with E-state index in [9.17, 15) is 9.59 Å². The summed E-state index contributed by atoms with van der Waals surface area (Å²) in [6, 6.07) is 0. The Morgan fingerprint density at radius 3 is 2.56 bits per heavy atom. The van der Waals surface area contributed by atoms with Gasteiger partial charge in [0.25, 0.3) is 0 Å². The van der Waals surface area contributed by atoms with Gasteiger partial charge in [0, 0.05) is 19.9 Å². The molecular formula is C9H12N4O2S. The molecule has 6 nitrogen and oxygen atoms in total. The number of nitrogens with one attached hydrogen (secondary N) is 1. The zero-order valence-electron chi connectivity index (χ0n) is 8.89. The number of hydrogen-bond acceptors (Lipinski definition) is 6. The summed E-state index contributed by atoms with van der Waals surface area (Å²) < 4.78 is 0. The van der Waals surface area contributed by atoms with Gasteiger partial charge in [0.15, 0.2) is 0 Å². The van der Waals surface area contributed by atoms with Crippen molar-refractivity contribution in [2.24, 2.45) is 0 Å². The Morgan fingerprint density at radius 2 is 2.00 bits per heavy atom. The van der Waals surface area contributed by atoms with Crippen LogP contribution in [-0.2, 0) is 16.1 Å². The second-order valence-electron chi connectivity index (χ2n) is 3.48. The highest BCUT2D eigenvalue weighted by Crippen LogP contribution is 2.19. The number of aromatic nitrogens is 2. The number of imide groups is 1. The minimum absolute atomic E-state index is 0.113. The van der Waals surface area contributed by atoms with E-state index >= 15 is 0 Å². The Hall–Kier alpha value is -1.50. The number of nitrogens with zero attached hydrogens (tertiary/aromatic N) is 3. The van der Waals surface area contributed by atoms with Gasteiger partial charge in [-0.1, -0.05) is 11.3 Å². The number of likely N-dealkylation sites (tertiary alicyclic amines) is 1. The molecule has 0 aromatic carbocycles. The van der Waals surface area contributed by atoms with E-state index in [1.165, 1.54) is 16.2 Å². The maximum Gasteiger partial charge on any atom is 0.229 e. The molecule has 2 heterocycles. The standard InChI is InChI=1S/C9H12N4O2S/c1-10-9-12-11-6(16-9)5-13-7(14)3-2-4-8(13)15/h2-5H2,1H3,(H,10,12). The maximum absolute atomic E-state index is 11.5. The highest BCUT2D eigenvalue weighted by atomic mass is 32.1. The first kappa shape index (κ1) is 11.0. The SMILES string of the molecule is CNc1nnc(CN2C(=O)CCCC2=O)s1. The molecule has 0 bridgehead atoms. The molecule has 16 heavy (non-hydrogen) atoms. The van der Waals surface area contributed by atoms with Crippen molar-refractivity contribution in [2.45, 2.75) is 25.8 Å². The van der Waals surface area contributed by atoms with E-state index in [0.29, 0.717) is 29.4 Å². The first-order valence-corrected chi connectivity index (χ1v) is 5.85. The highest BCUT2D eigenvalue weighted by molar-refractivity contribution is 7.15. The Balaban J connectivity index is 2.07. The second-order valence-corrected chi connectivity index (χ2v) is 4.54. The Labute approximate surface area is 96.7 Å². The van der Waals surface area contributed by atoms with Crippen LogP contribution in [0.25, 0.3) is 0 Å². The van der Waals surface area contributed by atoms with Crippen molar-refractivity contribution in [3.8, 4) is 0 Å². The number of anilines is 1. The zero-order valence-corrected chi connectivity index (χ0v) is 9.71. The van der Waals surface area contributed by atoms with Crippen molar-refractivity contribution in [1.29, 1.82) is 0 Å². The third-order valence-electron chi connectivity index (χ3n) is 2.36. The van der Waals surface area contributed by atoms with Gasteiger partial charge in [-0.3, -0.25) is 14.5 Å². The fraction of sp³-hybridized carbons (Fsp3) is 0.556. The smallest absolute Gasteiger partial charge is 0.229 e. The van der Waals surface area contributed by atoms with Gasteiger partial charge in [-0.2, -0.15) is 0 Å². The molecule has 2 rings (SSSR count). The van der Waals surface area contributed by atoms with Gasteiger partial charge in [0.2, 0.25) is 16.9 Å². The van der Waals surface area contributed by atoms with Crippen LogP contribution in [0.1, 0.15) is 24.3 Å². The number of carbonyl (C=O) groups excluding carboxylic acids is 2. The summed E-state index contributed by atoms with van der Waals surface area (Å²) in [4.78, 5) is 24.3. The molecule has 0 aliphatic carbocycles. The molecule has 7 heteroatoms. The number of carbonyl (C=O) groups is 2. The molecule has 0 atom stereocenters. The number of hydrogen-bond donors (Lipinski definition) is 1. The van der Waals surface area contributed by atoms with Crippen LogP contribution in [0.3, 0.4) is 0 Å². The largest absolute Gasteiger partial charge is 0.363 e. The van der Waals surface area contributed by atoms with Crippen LogP contribution in [0.5, 0.6) is 0 Å². The summed E-state index contributed by atoms with van der Waals surface area (Å²) in [6.45, 7) is 0.247.